The molecule has 1 fully saturated rings. The molecule has 0 bridgehead atoms. The van der Waals surface area contributed by atoms with E-state index in [4.69, 9.17) is 22.2 Å². The van der Waals surface area contributed by atoms with E-state index in [1.54, 1.807) is 31.2 Å². The van der Waals surface area contributed by atoms with Gasteiger partial charge in [0.2, 0.25) is 6.10 Å². The highest BCUT2D eigenvalue weighted by atomic mass is 35.5. The molecule has 5 nitrogen and oxygen atoms in total. The molecule has 2 N–H and O–H groups in total. The van der Waals surface area contributed by atoms with E-state index in [0.29, 0.717) is 16.5 Å². The molecule has 1 aromatic rings. The molecule has 0 saturated carbocycles. The van der Waals surface area contributed by atoms with Gasteiger partial charge in [-0.3, -0.25) is 4.79 Å². The Labute approximate surface area is 136 Å². The van der Waals surface area contributed by atoms with Crippen LogP contribution in [0.15, 0.2) is 29.4 Å². The van der Waals surface area contributed by atoms with E-state index in [2.05, 4.69) is 12.1 Å². The van der Waals surface area contributed by atoms with Crippen molar-refractivity contribution < 1.29 is 9.63 Å². The number of carbonyl (C=O) groups is 1. The van der Waals surface area contributed by atoms with E-state index in [1.807, 2.05) is 4.90 Å². The van der Waals surface area contributed by atoms with Gasteiger partial charge in [-0.1, -0.05) is 35.8 Å². The predicted octanol–water partition coefficient (Wildman–Crippen LogP) is 2.62. The first-order valence-corrected chi connectivity index (χ1v) is 7.89. The Morgan fingerprint density at radius 1 is 1.45 bits per heavy atom. The van der Waals surface area contributed by atoms with Crippen molar-refractivity contribution in [2.75, 3.05) is 13.1 Å². The summed E-state index contributed by atoms with van der Waals surface area (Å²) < 4.78 is 0. The molecule has 0 radical (unpaired) electrons. The van der Waals surface area contributed by atoms with Gasteiger partial charge in [0.15, 0.2) is 5.84 Å². The van der Waals surface area contributed by atoms with Gasteiger partial charge in [-0.2, -0.15) is 0 Å². The van der Waals surface area contributed by atoms with E-state index in [0.717, 1.165) is 25.9 Å². The van der Waals surface area contributed by atoms with Gasteiger partial charge in [0.25, 0.3) is 5.91 Å². The normalized spacial score (nSPS) is 18.1. The number of hydrogen-bond acceptors (Lipinski definition) is 3. The number of benzene rings is 1. The van der Waals surface area contributed by atoms with Crippen LogP contribution in [-0.2, 0) is 9.63 Å². The summed E-state index contributed by atoms with van der Waals surface area (Å²) in [6.45, 7) is 5.45. The van der Waals surface area contributed by atoms with Gasteiger partial charge in [0.1, 0.15) is 0 Å². The van der Waals surface area contributed by atoms with Gasteiger partial charge in [0.05, 0.1) is 0 Å². The van der Waals surface area contributed by atoms with Crippen molar-refractivity contribution in [3.05, 3.63) is 34.9 Å². The summed E-state index contributed by atoms with van der Waals surface area (Å²) in [5.74, 6) is 0.834. The largest absolute Gasteiger partial charge is 0.381 e. The summed E-state index contributed by atoms with van der Waals surface area (Å²) in [6.07, 6.45) is 1.42. The average Bonchev–Trinajstić information content (AvgIpc) is 2.52. The van der Waals surface area contributed by atoms with Crippen LogP contribution in [0.1, 0.15) is 32.3 Å². The van der Waals surface area contributed by atoms with Gasteiger partial charge < -0.3 is 15.5 Å². The van der Waals surface area contributed by atoms with Crippen molar-refractivity contribution in [3.8, 4) is 0 Å². The Hall–Kier alpha value is -1.75. The molecule has 0 aliphatic carbocycles. The molecular weight excluding hydrogens is 302 g/mol. The molecule has 2 rings (SSSR count). The highest BCUT2D eigenvalue weighted by Gasteiger charge is 2.25. The summed E-state index contributed by atoms with van der Waals surface area (Å²) in [5, 5.41) is 4.43. The van der Waals surface area contributed by atoms with Crippen molar-refractivity contribution >= 4 is 23.3 Å². The molecule has 22 heavy (non-hydrogen) atoms. The molecule has 6 heteroatoms. The third-order valence-electron chi connectivity index (χ3n) is 3.87. The van der Waals surface area contributed by atoms with E-state index >= 15 is 0 Å². The van der Waals surface area contributed by atoms with Crippen LogP contribution in [0.2, 0.25) is 5.02 Å². The molecule has 1 aliphatic heterocycles. The fourth-order valence-electron chi connectivity index (χ4n) is 2.37. The fourth-order valence-corrected chi connectivity index (χ4v) is 2.56. The van der Waals surface area contributed by atoms with Gasteiger partial charge in [-0.05, 0) is 37.8 Å². The molecule has 1 aromatic carbocycles. The highest BCUT2D eigenvalue weighted by Crippen LogP contribution is 2.17. The number of hydrogen-bond donors (Lipinski definition) is 1. The molecule has 0 spiro atoms. The zero-order valence-corrected chi connectivity index (χ0v) is 13.7. The second kappa shape index (κ2) is 7.49. The van der Waals surface area contributed by atoms with Crippen LogP contribution in [0.25, 0.3) is 0 Å². The van der Waals surface area contributed by atoms with Crippen LogP contribution in [-0.4, -0.2) is 35.8 Å². The van der Waals surface area contributed by atoms with Gasteiger partial charge in [-0.15, -0.1) is 0 Å². The van der Waals surface area contributed by atoms with E-state index in [-0.39, 0.29) is 11.7 Å². The monoisotopic (exact) mass is 323 g/mol. The van der Waals surface area contributed by atoms with Crippen LogP contribution in [0.3, 0.4) is 0 Å². The number of nitrogens with two attached hydrogens (primary N) is 1. The lowest BCUT2D eigenvalue weighted by atomic mass is 9.99. The maximum Gasteiger partial charge on any atom is 0.266 e. The summed E-state index contributed by atoms with van der Waals surface area (Å²) in [6, 6.07) is 7.01. The molecule has 1 saturated heterocycles. The van der Waals surface area contributed by atoms with Gasteiger partial charge in [0, 0.05) is 23.7 Å². The van der Waals surface area contributed by atoms with Crippen molar-refractivity contribution in [2.24, 2.45) is 16.8 Å². The number of nitrogens with zero attached hydrogens (tertiary/aromatic N) is 2. The number of likely N-dealkylation sites (tertiary alicyclic amines) is 1. The first-order chi connectivity index (χ1) is 10.5. The predicted molar refractivity (Wildman–Crippen MR) is 87.7 cm³/mol. The molecule has 120 valence electrons. The van der Waals surface area contributed by atoms with Crippen LogP contribution in [0.4, 0.5) is 0 Å². The number of piperidine rings is 1. The Bertz CT molecular complexity index is 554. The van der Waals surface area contributed by atoms with Crippen molar-refractivity contribution in [3.63, 3.8) is 0 Å². The van der Waals surface area contributed by atoms with Crippen LogP contribution >= 0.6 is 11.6 Å². The minimum Gasteiger partial charge on any atom is -0.381 e. The number of amides is 1. The Kier molecular flexibility index (Phi) is 5.66. The third kappa shape index (κ3) is 4.37. The lowest BCUT2D eigenvalue weighted by Crippen LogP contribution is -2.43. The minimum atomic E-state index is -0.647. The maximum atomic E-state index is 12.3. The molecule has 1 amide bonds. The number of rotatable bonds is 4. The van der Waals surface area contributed by atoms with Crippen LogP contribution in [0, 0.1) is 5.92 Å². The second-order valence-electron chi connectivity index (χ2n) is 5.74. The van der Waals surface area contributed by atoms with Crippen LogP contribution < -0.4 is 5.73 Å². The molecule has 1 unspecified atom stereocenters. The van der Waals surface area contributed by atoms with E-state index in [1.165, 1.54) is 0 Å². The lowest BCUT2D eigenvalue weighted by Gasteiger charge is -2.31. The lowest BCUT2D eigenvalue weighted by molar-refractivity contribution is -0.143. The number of oxime groups is 1. The standard InChI is InChI=1S/C16H22ClN3O2/c1-11-6-8-20(9-7-11)16(21)12(2)22-19-15(18)13-4-3-5-14(17)10-13/h3-5,10-12H,6-9H2,1-2H3,(H2,18,19). The van der Waals surface area contributed by atoms with Gasteiger partial charge >= 0.3 is 0 Å². The van der Waals surface area contributed by atoms with E-state index in [9.17, 15) is 4.79 Å². The maximum absolute atomic E-state index is 12.3. The molecule has 1 atom stereocenters. The van der Waals surface area contributed by atoms with Crippen LogP contribution in [0.5, 0.6) is 0 Å². The first kappa shape index (κ1) is 16.6. The molecule has 0 aromatic heterocycles. The Balaban J connectivity index is 1.92. The van der Waals surface area contributed by atoms with E-state index < -0.39 is 6.10 Å². The first-order valence-electron chi connectivity index (χ1n) is 7.51. The summed E-state index contributed by atoms with van der Waals surface area (Å²) >= 11 is 5.90. The molecular formula is C16H22ClN3O2. The zero-order chi connectivity index (χ0) is 16.1. The Morgan fingerprint density at radius 2 is 2.14 bits per heavy atom. The fraction of sp³-hybridized carbons (Fsp3) is 0.500. The third-order valence-corrected chi connectivity index (χ3v) is 4.11. The second-order valence-corrected chi connectivity index (χ2v) is 6.18. The number of amidine groups is 1. The average molecular weight is 324 g/mol. The van der Waals surface area contributed by atoms with Gasteiger partial charge in [-0.25, -0.2) is 0 Å². The summed E-state index contributed by atoms with van der Waals surface area (Å²) in [4.78, 5) is 19.4. The smallest absolute Gasteiger partial charge is 0.266 e. The molecule has 1 heterocycles. The minimum absolute atomic E-state index is 0.0467. The number of halogens is 1. The van der Waals surface area contributed by atoms with Crippen molar-refractivity contribution in [1.82, 2.24) is 4.90 Å². The topological polar surface area (TPSA) is 67.9 Å². The Morgan fingerprint density at radius 3 is 2.77 bits per heavy atom. The highest BCUT2D eigenvalue weighted by molar-refractivity contribution is 6.31. The quantitative estimate of drug-likeness (QED) is 0.526. The summed E-state index contributed by atoms with van der Waals surface area (Å²) in [5.41, 5.74) is 6.52. The van der Waals surface area contributed by atoms with Crippen molar-refractivity contribution in [2.45, 2.75) is 32.8 Å². The zero-order valence-electron chi connectivity index (χ0n) is 13.0. The molecule has 1 aliphatic rings. The number of carbonyl (C=O) groups excluding carboxylic acids is 1. The van der Waals surface area contributed by atoms with Crippen molar-refractivity contribution in [1.29, 1.82) is 0 Å². The summed E-state index contributed by atoms with van der Waals surface area (Å²) in [7, 11) is 0. The SMILES string of the molecule is CC1CCN(C(=O)C(C)O/N=C(/N)c2cccc(Cl)c2)CC1.